The minimum atomic E-state index is -0.525. The third kappa shape index (κ3) is 4.33. The Hall–Kier alpha value is -1.47. The van der Waals surface area contributed by atoms with Crippen LogP contribution in [0, 0.1) is 0 Å². The molecule has 2 heterocycles. The van der Waals surface area contributed by atoms with Crippen LogP contribution in [0.1, 0.15) is 18.4 Å². The maximum atomic E-state index is 12.4. The first-order valence-electron chi connectivity index (χ1n) is 8.72. The molecular weight excluding hydrogens is 306 g/mol. The normalized spacial score (nSPS) is 28.3. The monoisotopic (exact) mass is 333 g/mol. The minimum Gasteiger partial charge on any atom is -0.396 e. The molecule has 4 N–H and O–H groups in total. The number of fused-ring (bicyclic) bond motifs is 1. The van der Waals surface area contributed by atoms with Crippen LogP contribution in [-0.2, 0) is 16.0 Å². The van der Waals surface area contributed by atoms with E-state index in [-0.39, 0.29) is 24.7 Å². The van der Waals surface area contributed by atoms with Crippen LogP contribution in [-0.4, -0.2) is 66.4 Å². The molecule has 24 heavy (non-hydrogen) atoms. The number of aliphatic hydroxyl groups is 1. The van der Waals surface area contributed by atoms with Crippen molar-refractivity contribution >= 4 is 5.91 Å². The topological polar surface area (TPSA) is 87.8 Å². The lowest BCUT2D eigenvalue weighted by Crippen LogP contribution is -2.48. The number of rotatable bonds is 6. The lowest BCUT2D eigenvalue weighted by atomic mass is 10.1. The van der Waals surface area contributed by atoms with Crippen LogP contribution in [0.5, 0.6) is 0 Å². The van der Waals surface area contributed by atoms with E-state index >= 15 is 0 Å². The average molecular weight is 333 g/mol. The summed E-state index contributed by atoms with van der Waals surface area (Å²) in [6.07, 6.45) is 2.22. The molecule has 2 saturated heterocycles. The number of hydrogen-bond acceptors (Lipinski definition) is 5. The van der Waals surface area contributed by atoms with E-state index in [1.54, 1.807) is 0 Å². The summed E-state index contributed by atoms with van der Waals surface area (Å²) < 4.78 is 5.77. The smallest absolute Gasteiger partial charge is 0.237 e. The number of aliphatic hydroxyl groups excluding tert-OH is 1. The Morgan fingerprint density at radius 3 is 2.92 bits per heavy atom. The zero-order chi connectivity index (χ0) is 16.9. The van der Waals surface area contributed by atoms with E-state index < -0.39 is 6.04 Å². The fourth-order valence-electron chi connectivity index (χ4n) is 3.63. The fourth-order valence-corrected chi connectivity index (χ4v) is 3.63. The van der Waals surface area contributed by atoms with Crippen molar-refractivity contribution in [1.29, 1.82) is 0 Å². The standard InChI is InChI=1S/C18H27N3O3/c19-17(8-13-4-2-1-3-5-13)18(23)20-14-9-15-12-24-16(6-7-22)11-21(15)10-14/h1-5,14-17,22H,6-12,19H2,(H,20,23)/t14-,15-,16-,17+/m0/s1. The van der Waals surface area contributed by atoms with Crippen molar-refractivity contribution in [2.45, 2.75) is 43.5 Å². The van der Waals surface area contributed by atoms with Crippen LogP contribution in [0.25, 0.3) is 0 Å². The van der Waals surface area contributed by atoms with Crippen molar-refractivity contribution in [3.8, 4) is 0 Å². The molecule has 6 nitrogen and oxygen atoms in total. The van der Waals surface area contributed by atoms with Crippen LogP contribution in [0.2, 0.25) is 0 Å². The van der Waals surface area contributed by atoms with Gasteiger partial charge in [0.2, 0.25) is 5.91 Å². The van der Waals surface area contributed by atoms with E-state index in [4.69, 9.17) is 15.6 Å². The summed E-state index contributed by atoms with van der Waals surface area (Å²) in [6, 6.07) is 9.80. The average Bonchev–Trinajstić information content (AvgIpc) is 2.97. The Morgan fingerprint density at radius 2 is 2.17 bits per heavy atom. The fraction of sp³-hybridized carbons (Fsp3) is 0.611. The Kier molecular flexibility index (Phi) is 5.84. The largest absolute Gasteiger partial charge is 0.396 e. The molecule has 0 saturated carbocycles. The van der Waals surface area contributed by atoms with Crippen molar-refractivity contribution < 1.29 is 14.6 Å². The van der Waals surface area contributed by atoms with Crippen LogP contribution in [0.15, 0.2) is 30.3 Å². The quantitative estimate of drug-likeness (QED) is 0.676. The predicted octanol–water partition coefficient (Wildman–Crippen LogP) is -0.103. The van der Waals surface area contributed by atoms with Crippen molar-refractivity contribution in [3.05, 3.63) is 35.9 Å². The molecule has 6 heteroatoms. The van der Waals surface area contributed by atoms with Gasteiger partial charge in [-0.15, -0.1) is 0 Å². The number of nitrogens with zero attached hydrogens (tertiary/aromatic N) is 1. The first kappa shape index (κ1) is 17.4. The minimum absolute atomic E-state index is 0.0865. The van der Waals surface area contributed by atoms with Crippen LogP contribution >= 0.6 is 0 Å². The van der Waals surface area contributed by atoms with Crippen LogP contribution < -0.4 is 11.1 Å². The number of hydrogen-bond donors (Lipinski definition) is 3. The van der Waals surface area contributed by atoms with Crippen molar-refractivity contribution in [2.24, 2.45) is 5.73 Å². The summed E-state index contributed by atoms with van der Waals surface area (Å²) >= 11 is 0. The molecule has 1 aromatic rings. The molecule has 3 rings (SSSR count). The van der Waals surface area contributed by atoms with E-state index in [9.17, 15) is 4.79 Å². The summed E-state index contributed by atoms with van der Waals surface area (Å²) in [4.78, 5) is 14.7. The van der Waals surface area contributed by atoms with Gasteiger partial charge in [-0.3, -0.25) is 9.69 Å². The molecule has 0 bridgehead atoms. The predicted molar refractivity (Wildman–Crippen MR) is 91.5 cm³/mol. The summed E-state index contributed by atoms with van der Waals surface area (Å²) in [5.41, 5.74) is 7.13. The first-order chi connectivity index (χ1) is 11.7. The van der Waals surface area contributed by atoms with Crippen LogP contribution in [0.4, 0.5) is 0 Å². The number of ether oxygens (including phenoxy) is 1. The van der Waals surface area contributed by atoms with Gasteiger partial charge < -0.3 is 20.9 Å². The molecule has 132 valence electrons. The second kappa shape index (κ2) is 8.07. The number of carbonyl (C=O) groups excluding carboxylic acids is 1. The molecule has 1 amide bonds. The SMILES string of the molecule is N[C@H](Cc1ccccc1)C(=O)N[C@H]1C[C@H]2CO[C@@H](CCO)CN2C1. The molecule has 2 aliphatic heterocycles. The third-order valence-corrected chi connectivity index (χ3v) is 4.92. The van der Waals surface area contributed by atoms with Gasteiger partial charge in [0.15, 0.2) is 0 Å². The second-order valence-corrected chi connectivity index (χ2v) is 6.81. The number of nitrogens with two attached hydrogens (primary N) is 1. The lowest BCUT2D eigenvalue weighted by molar-refractivity contribution is -0.123. The molecule has 1 aromatic carbocycles. The van der Waals surface area contributed by atoms with Crippen molar-refractivity contribution in [3.63, 3.8) is 0 Å². The van der Waals surface area contributed by atoms with Gasteiger partial charge in [0.25, 0.3) is 0 Å². The molecule has 0 radical (unpaired) electrons. The number of nitrogens with one attached hydrogen (secondary N) is 1. The van der Waals surface area contributed by atoms with Gasteiger partial charge in [-0.1, -0.05) is 30.3 Å². The molecule has 0 aliphatic carbocycles. The zero-order valence-electron chi connectivity index (χ0n) is 13.9. The van der Waals surface area contributed by atoms with Crippen molar-refractivity contribution in [2.75, 3.05) is 26.3 Å². The maximum Gasteiger partial charge on any atom is 0.237 e. The molecule has 0 spiro atoms. The lowest BCUT2D eigenvalue weighted by Gasteiger charge is -2.34. The number of amides is 1. The summed E-state index contributed by atoms with van der Waals surface area (Å²) in [7, 11) is 0. The van der Waals surface area contributed by atoms with Gasteiger partial charge in [0.05, 0.1) is 18.8 Å². The van der Waals surface area contributed by atoms with Gasteiger partial charge >= 0.3 is 0 Å². The Labute approximate surface area is 143 Å². The number of benzene rings is 1. The van der Waals surface area contributed by atoms with Crippen molar-refractivity contribution in [1.82, 2.24) is 10.2 Å². The maximum absolute atomic E-state index is 12.4. The van der Waals surface area contributed by atoms with E-state index in [1.807, 2.05) is 30.3 Å². The summed E-state index contributed by atoms with van der Waals surface area (Å²) in [5.74, 6) is -0.0865. The van der Waals surface area contributed by atoms with Gasteiger partial charge in [-0.05, 0) is 24.8 Å². The number of carbonyl (C=O) groups is 1. The van der Waals surface area contributed by atoms with Gasteiger partial charge in [0.1, 0.15) is 0 Å². The Balaban J connectivity index is 1.47. The second-order valence-electron chi connectivity index (χ2n) is 6.81. The van der Waals surface area contributed by atoms with Crippen LogP contribution in [0.3, 0.4) is 0 Å². The third-order valence-electron chi connectivity index (χ3n) is 4.92. The molecule has 2 fully saturated rings. The van der Waals surface area contributed by atoms with E-state index in [0.29, 0.717) is 25.5 Å². The van der Waals surface area contributed by atoms with E-state index in [1.165, 1.54) is 0 Å². The molecule has 2 aliphatic rings. The Morgan fingerprint density at radius 1 is 1.38 bits per heavy atom. The highest BCUT2D eigenvalue weighted by Gasteiger charge is 2.38. The highest BCUT2D eigenvalue weighted by Crippen LogP contribution is 2.24. The highest BCUT2D eigenvalue weighted by molar-refractivity contribution is 5.82. The first-order valence-corrected chi connectivity index (χ1v) is 8.72. The summed E-state index contributed by atoms with van der Waals surface area (Å²) in [6.45, 7) is 2.48. The molecule has 0 unspecified atom stereocenters. The van der Waals surface area contributed by atoms with E-state index in [0.717, 1.165) is 25.1 Å². The van der Waals surface area contributed by atoms with E-state index in [2.05, 4.69) is 10.2 Å². The van der Waals surface area contributed by atoms with Gasteiger partial charge in [0, 0.05) is 31.8 Å². The van der Waals surface area contributed by atoms with Gasteiger partial charge in [-0.25, -0.2) is 0 Å². The summed E-state index contributed by atoms with van der Waals surface area (Å²) in [5, 5.41) is 12.1. The molecule has 0 aromatic heterocycles. The molecular formula is C18H27N3O3. The molecule has 4 atom stereocenters. The van der Waals surface area contributed by atoms with Gasteiger partial charge in [-0.2, -0.15) is 0 Å². The zero-order valence-corrected chi connectivity index (χ0v) is 13.9. The number of morpholine rings is 1. The highest BCUT2D eigenvalue weighted by atomic mass is 16.5. The Bertz CT molecular complexity index is 540.